The van der Waals surface area contributed by atoms with Crippen molar-refractivity contribution in [1.29, 1.82) is 0 Å². The number of thiophene rings is 1. The molecule has 0 nitrogen and oxygen atoms in total. The van der Waals surface area contributed by atoms with Crippen molar-refractivity contribution in [3.05, 3.63) is 32.6 Å². The maximum absolute atomic E-state index is 5.94. The minimum atomic E-state index is 0.414. The zero-order valence-electron chi connectivity index (χ0n) is 5.70. The van der Waals surface area contributed by atoms with Crippen molar-refractivity contribution in [3.63, 3.8) is 0 Å². The van der Waals surface area contributed by atoms with Crippen molar-refractivity contribution in [3.8, 4) is 0 Å². The molecule has 2 aromatic rings. The molecule has 12 heavy (non-hydrogen) atoms. The monoisotopic (exact) mass is 235 g/mol. The van der Waals surface area contributed by atoms with Gasteiger partial charge in [0.2, 0.25) is 0 Å². The molecule has 1 aromatic carbocycles. The lowest BCUT2D eigenvalue weighted by atomic mass is 10.3. The van der Waals surface area contributed by atoms with Gasteiger partial charge in [-0.1, -0.05) is 34.8 Å². The highest BCUT2D eigenvalue weighted by Crippen LogP contribution is 2.38. The van der Waals surface area contributed by atoms with E-state index in [0.29, 0.717) is 15.1 Å². The Bertz CT molecular complexity index is 433. The zero-order chi connectivity index (χ0) is 8.72. The molecule has 0 aliphatic rings. The quantitative estimate of drug-likeness (QED) is 0.584. The number of rotatable bonds is 0. The summed E-state index contributed by atoms with van der Waals surface area (Å²) in [6.07, 6.45) is 0. The van der Waals surface area contributed by atoms with Crippen LogP contribution in [0.1, 0.15) is 0 Å². The Hall–Kier alpha value is 0.0500. The molecule has 0 aliphatic heterocycles. The zero-order valence-corrected chi connectivity index (χ0v) is 8.78. The van der Waals surface area contributed by atoms with Crippen molar-refractivity contribution in [2.24, 2.45) is 0 Å². The molecule has 0 aliphatic carbocycles. The summed E-state index contributed by atoms with van der Waals surface area (Å²) < 4.78 is 1.01. The van der Waals surface area contributed by atoms with Gasteiger partial charge in [-0.05, 0) is 12.1 Å². The molecule has 4 heteroatoms. The SMILES string of the molecule is Clc1cc2s[c]cc2c(Cl)c1Cl. The van der Waals surface area contributed by atoms with Gasteiger partial charge in [0.15, 0.2) is 0 Å². The predicted molar refractivity (Wildman–Crippen MR) is 55.7 cm³/mol. The fraction of sp³-hybridized carbons (Fsp3) is 0. The lowest BCUT2D eigenvalue weighted by Gasteiger charge is -1.99. The van der Waals surface area contributed by atoms with E-state index < -0.39 is 0 Å². The van der Waals surface area contributed by atoms with Gasteiger partial charge in [0.25, 0.3) is 0 Å². The number of halogens is 3. The lowest BCUT2D eigenvalue weighted by Crippen LogP contribution is -1.71. The Morgan fingerprint density at radius 2 is 1.92 bits per heavy atom. The summed E-state index contributed by atoms with van der Waals surface area (Å²) in [5, 5.41) is 5.30. The van der Waals surface area contributed by atoms with Crippen LogP contribution in [0.15, 0.2) is 12.1 Å². The van der Waals surface area contributed by atoms with E-state index in [2.05, 4.69) is 5.38 Å². The Kier molecular flexibility index (Phi) is 2.21. The Morgan fingerprint density at radius 1 is 1.17 bits per heavy atom. The van der Waals surface area contributed by atoms with E-state index in [-0.39, 0.29) is 0 Å². The third kappa shape index (κ3) is 1.21. The van der Waals surface area contributed by atoms with Crippen LogP contribution in [0.3, 0.4) is 0 Å². The van der Waals surface area contributed by atoms with Gasteiger partial charge in [-0.25, -0.2) is 0 Å². The van der Waals surface area contributed by atoms with Crippen LogP contribution in [0, 0.1) is 5.38 Å². The standard InChI is InChI=1S/C8H2Cl3S/c9-5-3-6-4(1-2-12-6)7(10)8(5)11/h1,3H. The van der Waals surface area contributed by atoms with E-state index in [1.807, 2.05) is 6.07 Å². The van der Waals surface area contributed by atoms with Crippen molar-refractivity contribution in [2.75, 3.05) is 0 Å². The molecule has 1 heterocycles. The largest absolute Gasteiger partial charge is 0.134 e. The van der Waals surface area contributed by atoms with Crippen LogP contribution in [-0.4, -0.2) is 0 Å². The normalized spacial score (nSPS) is 10.9. The Balaban J connectivity index is 2.94. The van der Waals surface area contributed by atoms with E-state index in [4.69, 9.17) is 34.8 Å². The van der Waals surface area contributed by atoms with Gasteiger partial charge < -0.3 is 0 Å². The molecule has 2 rings (SSSR count). The summed E-state index contributed by atoms with van der Waals surface area (Å²) in [5.74, 6) is 0. The van der Waals surface area contributed by atoms with Crippen molar-refractivity contribution in [1.82, 2.24) is 0 Å². The smallest absolute Gasteiger partial charge is 0.0785 e. The highest BCUT2D eigenvalue weighted by atomic mass is 35.5. The van der Waals surface area contributed by atoms with Crippen LogP contribution in [0.4, 0.5) is 0 Å². The fourth-order valence-corrected chi connectivity index (χ4v) is 2.50. The van der Waals surface area contributed by atoms with Crippen LogP contribution in [0.5, 0.6) is 0 Å². The second-order valence-corrected chi connectivity index (χ2v) is 4.31. The van der Waals surface area contributed by atoms with Crippen LogP contribution < -0.4 is 0 Å². The molecule has 0 unspecified atom stereocenters. The van der Waals surface area contributed by atoms with Crippen LogP contribution in [0.25, 0.3) is 10.1 Å². The van der Waals surface area contributed by atoms with E-state index in [1.54, 1.807) is 6.07 Å². The van der Waals surface area contributed by atoms with Crippen LogP contribution in [0.2, 0.25) is 15.1 Å². The summed E-state index contributed by atoms with van der Waals surface area (Å²) in [5.41, 5.74) is 0. The van der Waals surface area contributed by atoms with Gasteiger partial charge in [0.1, 0.15) is 0 Å². The molecular formula is C8H2Cl3S. The van der Waals surface area contributed by atoms with Gasteiger partial charge in [-0.2, -0.15) is 0 Å². The maximum atomic E-state index is 5.94. The van der Waals surface area contributed by atoms with Gasteiger partial charge in [-0.15, -0.1) is 11.3 Å². The molecule has 0 N–H and O–H groups in total. The predicted octanol–water partition coefficient (Wildman–Crippen LogP) is 4.66. The molecule has 0 amide bonds. The molecule has 1 radical (unpaired) electrons. The molecule has 0 spiro atoms. The molecular weight excluding hydrogens is 235 g/mol. The Morgan fingerprint density at radius 3 is 2.67 bits per heavy atom. The van der Waals surface area contributed by atoms with E-state index in [1.165, 1.54) is 11.3 Å². The highest BCUT2D eigenvalue weighted by Gasteiger charge is 2.08. The Labute approximate surface area is 88.7 Å². The molecule has 0 bridgehead atoms. The van der Waals surface area contributed by atoms with Gasteiger partial charge >= 0.3 is 0 Å². The molecule has 0 atom stereocenters. The first-order chi connectivity index (χ1) is 5.70. The number of hydrogen-bond acceptors (Lipinski definition) is 1. The first kappa shape index (κ1) is 8.64. The fourth-order valence-electron chi connectivity index (χ4n) is 0.958. The third-order valence-electron chi connectivity index (χ3n) is 1.53. The van der Waals surface area contributed by atoms with Crippen molar-refractivity contribution < 1.29 is 0 Å². The average molecular weight is 237 g/mol. The molecule has 0 saturated heterocycles. The molecule has 1 aromatic heterocycles. The maximum Gasteiger partial charge on any atom is 0.0785 e. The number of hydrogen-bond donors (Lipinski definition) is 0. The minimum absolute atomic E-state index is 0.414. The van der Waals surface area contributed by atoms with Crippen molar-refractivity contribution >= 4 is 56.2 Å². The van der Waals surface area contributed by atoms with Crippen LogP contribution >= 0.6 is 46.1 Å². The van der Waals surface area contributed by atoms with E-state index in [9.17, 15) is 0 Å². The summed E-state index contributed by atoms with van der Waals surface area (Å²) in [4.78, 5) is 0. The molecule has 0 saturated carbocycles. The van der Waals surface area contributed by atoms with Gasteiger partial charge in [0, 0.05) is 15.5 Å². The van der Waals surface area contributed by atoms with Gasteiger partial charge in [-0.3, -0.25) is 0 Å². The highest BCUT2D eigenvalue weighted by molar-refractivity contribution is 7.16. The number of fused-ring (bicyclic) bond motifs is 1. The summed E-state index contributed by atoms with van der Waals surface area (Å²) in [6.45, 7) is 0. The first-order valence-corrected chi connectivity index (χ1v) is 5.08. The third-order valence-corrected chi connectivity index (χ3v) is 3.60. The summed E-state index contributed by atoms with van der Waals surface area (Å²) >= 11 is 19.1. The topological polar surface area (TPSA) is 0 Å². The molecule has 0 fully saturated rings. The van der Waals surface area contributed by atoms with E-state index >= 15 is 0 Å². The number of benzene rings is 1. The lowest BCUT2D eigenvalue weighted by molar-refractivity contribution is 1.83. The second kappa shape index (κ2) is 3.08. The van der Waals surface area contributed by atoms with E-state index in [0.717, 1.165) is 10.1 Å². The van der Waals surface area contributed by atoms with Crippen LogP contribution in [-0.2, 0) is 0 Å². The minimum Gasteiger partial charge on any atom is -0.134 e. The summed E-state index contributed by atoms with van der Waals surface area (Å²) in [6, 6.07) is 3.61. The average Bonchev–Trinajstić information content (AvgIpc) is 2.48. The molecule has 61 valence electrons. The first-order valence-electron chi connectivity index (χ1n) is 3.13. The summed E-state index contributed by atoms with van der Waals surface area (Å²) in [7, 11) is 0. The second-order valence-electron chi connectivity index (χ2n) is 2.26. The van der Waals surface area contributed by atoms with Gasteiger partial charge in [0.05, 0.1) is 15.1 Å². The van der Waals surface area contributed by atoms with Crippen molar-refractivity contribution in [2.45, 2.75) is 0 Å².